The fourth-order valence-electron chi connectivity index (χ4n) is 4.03. The molecule has 1 aliphatic carbocycles. The average molecular weight is 298 g/mol. The molecule has 2 fully saturated rings. The zero-order chi connectivity index (χ0) is 15.3. The quantitative estimate of drug-likeness (QED) is 0.923. The summed E-state index contributed by atoms with van der Waals surface area (Å²) in [7, 11) is 0. The van der Waals surface area contributed by atoms with Crippen molar-refractivity contribution in [2.24, 2.45) is 0 Å². The summed E-state index contributed by atoms with van der Waals surface area (Å²) in [6.07, 6.45) is 10.7. The van der Waals surface area contributed by atoms with Gasteiger partial charge in [-0.05, 0) is 50.9 Å². The fourth-order valence-corrected chi connectivity index (χ4v) is 4.03. The highest BCUT2D eigenvalue weighted by Crippen LogP contribution is 2.35. The van der Waals surface area contributed by atoms with Crippen LogP contribution in [0.15, 0.2) is 18.2 Å². The number of aromatic nitrogens is 1. The number of hydrogen-bond acceptors (Lipinski definition) is 4. The molecular weight excluding hydrogens is 272 g/mol. The second kappa shape index (κ2) is 7.11. The minimum atomic E-state index is 0.295. The summed E-state index contributed by atoms with van der Waals surface area (Å²) in [5, 5.41) is 12.5. The van der Waals surface area contributed by atoms with Gasteiger partial charge >= 0.3 is 0 Å². The van der Waals surface area contributed by atoms with Crippen molar-refractivity contribution in [1.29, 1.82) is 5.26 Å². The molecule has 22 heavy (non-hydrogen) atoms. The molecule has 1 saturated heterocycles. The van der Waals surface area contributed by atoms with Crippen LogP contribution in [-0.2, 0) is 0 Å². The van der Waals surface area contributed by atoms with Crippen LogP contribution < -0.4 is 5.32 Å². The van der Waals surface area contributed by atoms with Gasteiger partial charge in [-0.25, -0.2) is 4.98 Å². The number of piperidine rings is 1. The van der Waals surface area contributed by atoms with E-state index < -0.39 is 0 Å². The number of nitrogens with one attached hydrogen (secondary N) is 1. The first-order valence-electron chi connectivity index (χ1n) is 8.69. The number of pyridine rings is 1. The van der Waals surface area contributed by atoms with Gasteiger partial charge in [-0.1, -0.05) is 31.7 Å². The Bertz CT molecular complexity index is 522. The van der Waals surface area contributed by atoms with E-state index >= 15 is 0 Å². The van der Waals surface area contributed by atoms with E-state index in [1.54, 1.807) is 6.07 Å². The number of likely N-dealkylation sites (tertiary alicyclic amines) is 1. The molecule has 0 unspecified atom stereocenters. The van der Waals surface area contributed by atoms with Gasteiger partial charge in [0.2, 0.25) is 0 Å². The minimum Gasteiger partial charge on any atom is -0.368 e. The van der Waals surface area contributed by atoms with Crippen molar-refractivity contribution >= 4 is 5.82 Å². The lowest BCUT2D eigenvalue weighted by Gasteiger charge is -2.48. The molecule has 0 spiro atoms. The van der Waals surface area contributed by atoms with E-state index in [1.807, 2.05) is 12.1 Å². The number of nitrogens with zero attached hydrogens (tertiary/aromatic N) is 3. The van der Waals surface area contributed by atoms with Gasteiger partial charge in [-0.3, -0.25) is 4.90 Å². The maximum Gasteiger partial charge on any atom is 0.142 e. The molecule has 0 atom stereocenters. The molecule has 1 aliphatic heterocycles. The summed E-state index contributed by atoms with van der Waals surface area (Å²) in [5.41, 5.74) is 0.781. The van der Waals surface area contributed by atoms with Gasteiger partial charge in [0.15, 0.2) is 0 Å². The zero-order valence-corrected chi connectivity index (χ0v) is 13.4. The van der Waals surface area contributed by atoms with Crippen LogP contribution in [0.4, 0.5) is 5.82 Å². The van der Waals surface area contributed by atoms with Gasteiger partial charge in [0, 0.05) is 12.1 Å². The molecule has 2 heterocycles. The zero-order valence-electron chi connectivity index (χ0n) is 13.4. The maximum atomic E-state index is 8.99. The normalized spacial score (nSPS) is 22.0. The Labute approximate surface area is 133 Å². The summed E-state index contributed by atoms with van der Waals surface area (Å²) in [6.45, 7) is 3.44. The molecule has 4 nitrogen and oxygen atoms in total. The minimum absolute atomic E-state index is 0.295. The second-order valence-corrected chi connectivity index (χ2v) is 6.71. The van der Waals surface area contributed by atoms with Gasteiger partial charge in [0.05, 0.1) is 0 Å². The van der Waals surface area contributed by atoms with E-state index in [1.165, 1.54) is 64.5 Å². The van der Waals surface area contributed by atoms with E-state index in [0.29, 0.717) is 11.2 Å². The van der Waals surface area contributed by atoms with Gasteiger partial charge in [0.1, 0.15) is 17.6 Å². The van der Waals surface area contributed by atoms with E-state index in [0.717, 1.165) is 12.4 Å². The van der Waals surface area contributed by atoms with Crippen molar-refractivity contribution in [2.45, 2.75) is 56.9 Å². The van der Waals surface area contributed by atoms with Crippen LogP contribution in [0.1, 0.15) is 57.1 Å². The van der Waals surface area contributed by atoms with Crippen LogP contribution in [0.5, 0.6) is 0 Å². The molecule has 0 amide bonds. The van der Waals surface area contributed by atoms with Crippen molar-refractivity contribution in [1.82, 2.24) is 9.88 Å². The van der Waals surface area contributed by atoms with Crippen molar-refractivity contribution in [3.8, 4) is 6.07 Å². The first kappa shape index (κ1) is 15.3. The molecule has 3 rings (SSSR count). The first-order valence-corrected chi connectivity index (χ1v) is 8.69. The largest absolute Gasteiger partial charge is 0.368 e. The van der Waals surface area contributed by atoms with Gasteiger partial charge < -0.3 is 5.32 Å². The summed E-state index contributed by atoms with van der Waals surface area (Å²) >= 11 is 0. The van der Waals surface area contributed by atoms with Crippen LogP contribution in [0.3, 0.4) is 0 Å². The smallest absolute Gasteiger partial charge is 0.142 e. The maximum absolute atomic E-state index is 8.99. The summed E-state index contributed by atoms with van der Waals surface area (Å²) in [5.74, 6) is 0.834. The lowest BCUT2D eigenvalue weighted by atomic mass is 9.79. The van der Waals surface area contributed by atoms with Crippen LogP contribution in [0.25, 0.3) is 0 Å². The van der Waals surface area contributed by atoms with E-state index in [2.05, 4.69) is 21.3 Å². The van der Waals surface area contributed by atoms with Crippen molar-refractivity contribution < 1.29 is 0 Å². The highest BCUT2D eigenvalue weighted by atomic mass is 15.2. The van der Waals surface area contributed by atoms with Crippen molar-refractivity contribution in [2.75, 3.05) is 25.0 Å². The molecular formula is C18H26N4. The van der Waals surface area contributed by atoms with Crippen LogP contribution in [0.2, 0.25) is 0 Å². The molecule has 0 radical (unpaired) electrons. The van der Waals surface area contributed by atoms with E-state index in [9.17, 15) is 0 Å². The van der Waals surface area contributed by atoms with Crippen LogP contribution in [0, 0.1) is 11.3 Å². The number of anilines is 1. The first-order chi connectivity index (χ1) is 10.8. The number of rotatable bonds is 4. The fraction of sp³-hybridized carbons (Fsp3) is 0.667. The Morgan fingerprint density at radius 1 is 1.09 bits per heavy atom. The van der Waals surface area contributed by atoms with Gasteiger partial charge in [-0.2, -0.15) is 5.26 Å². The van der Waals surface area contributed by atoms with Gasteiger partial charge in [-0.15, -0.1) is 0 Å². The Hall–Kier alpha value is -1.60. The number of hydrogen-bond donors (Lipinski definition) is 1. The highest BCUT2D eigenvalue weighted by Gasteiger charge is 2.38. The van der Waals surface area contributed by atoms with E-state index in [-0.39, 0.29) is 0 Å². The summed E-state index contributed by atoms with van der Waals surface area (Å²) in [6, 6.07) is 7.74. The predicted molar refractivity (Wildman–Crippen MR) is 88.7 cm³/mol. The molecule has 4 heteroatoms. The Balaban J connectivity index is 1.71. The molecule has 1 saturated carbocycles. The second-order valence-electron chi connectivity index (χ2n) is 6.71. The molecule has 2 aliphatic rings. The Morgan fingerprint density at radius 2 is 1.82 bits per heavy atom. The summed E-state index contributed by atoms with van der Waals surface area (Å²) in [4.78, 5) is 7.09. The predicted octanol–water partition coefficient (Wildman–Crippen LogP) is 3.55. The number of nitriles is 1. The van der Waals surface area contributed by atoms with Crippen LogP contribution in [-0.4, -0.2) is 35.1 Å². The molecule has 1 aromatic heterocycles. The average Bonchev–Trinajstić information content (AvgIpc) is 2.62. The SMILES string of the molecule is N#Cc1cccc(NCC2(N3CCCCC3)CCCCC2)n1. The standard InChI is InChI=1S/C18H26N4/c19-14-16-8-7-9-17(21-16)20-15-18(10-3-1-4-11-18)22-12-5-2-6-13-22/h7-9H,1-6,10-13,15H2,(H,20,21). The molecule has 0 aromatic carbocycles. The van der Waals surface area contributed by atoms with E-state index in [4.69, 9.17) is 5.26 Å². The topological polar surface area (TPSA) is 52.0 Å². The third-order valence-corrected chi connectivity index (χ3v) is 5.27. The highest BCUT2D eigenvalue weighted by molar-refractivity contribution is 5.39. The molecule has 0 bridgehead atoms. The van der Waals surface area contributed by atoms with Gasteiger partial charge in [0.25, 0.3) is 0 Å². The van der Waals surface area contributed by atoms with Crippen molar-refractivity contribution in [3.63, 3.8) is 0 Å². The molecule has 1 N–H and O–H groups in total. The lowest BCUT2D eigenvalue weighted by molar-refractivity contribution is 0.0437. The van der Waals surface area contributed by atoms with Crippen LogP contribution >= 0.6 is 0 Å². The third kappa shape index (κ3) is 3.41. The summed E-state index contributed by atoms with van der Waals surface area (Å²) < 4.78 is 0. The Kier molecular flexibility index (Phi) is 4.94. The van der Waals surface area contributed by atoms with Crippen molar-refractivity contribution in [3.05, 3.63) is 23.9 Å². The third-order valence-electron chi connectivity index (χ3n) is 5.27. The Morgan fingerprint density at radius 3 is 2.55 bits per heavy atom. The molecule has 1 aromatic rings. The lowest BCUT2D eigenvalue weighted by Crippen LogP contribution is -2.56. The molecule has 118 valence electrons. The monoisotopic (exact) mass is 298 g/mol.